The van der Waals surface area contributed by atoms with E-state index in [-0.39, 0.29) is 5.78 Å². The van der Waals surface area contributed by atoms with Gasteiger partial charge in [-0.2, -0.15) is 5.26 Å². The molecule has 2 heterocycles. The highest BCUT2D eigenvalue weighted by atomic mass is 16.5. The Morgan fingerprint density at radius 3 is 2.73 bits per heavy atom. The van der Waals surface area contributed by atoms with Crippen molar-refractivity contribution in [2.45, 2.75) is 25.2 Å². The van der Waals surface area contributed by atoms with Crippen molar-refractivity contribution < 1.29 is 14.3 Å². The van der Waals surface area contributed by atoms with Crippen molar-refractivity contribution in [3.8, 4) is 17.6 Å². The minimum absolute atomic E-state index is 0.0492. The molecule has 1 aromatic heterocycles. The number of methoxy groups -OCH3 is 2. The lowest BCUT2D eigenvalue weighted by atomic mass is 9.75. The third-order valence-corrected chi connectivity index (χ3v) is 6.45. The van der Waals surface area contributed by atoms with E-state index >= 15 is 0 Å². The predicted molar refractivity (Wildman–Crippen MR) is 126 cm³/mol. The van der Waals surface area contributed by atoms with Crippen molar-refractivity contribution in [2.75, 3.05) is 19.1 Å². The van der Waals surface area contributed by atoms with Crippen LogP contribution < -0.4 is 20.1 Å². The molecule has 1 aliphatic heterocycles. The summed E-state index contributed by atoms with van der Waals surface area (Å²) in [6.07, 6.45) is 3.73. The zero-order valence-corrected chi connectivity index (χ0v) is 18.5. The molecule has 2 aliphatic rings. The van der Waals surface area contributed by atoms with E-state index in [1.165, 1.54) is 0 Å². The van der Waals surface area contributed by atoms with Gasteiger partial charge in [0.05, 0.1) is 37.5 Å². The number of nitrogens with zero attached hydrogens (tertiary/aromatic N) is 2. The number of rotatable bonds is 4. The highest BCUT2D eigenvalue weighted by Gasteiger charge is 2.41. The second-order valence-corrected chi connectivity index (χ2v) is 8.18. The number of Topliss-reactive ketones (excluding diaryl/α,β-unsaturated/α-hetero) is 1. The number of hydrogen-bond donors (Lipinski definition) is 2. The van der Waals surface area contributed by atoms with Gasteiger partial charge in [-0.1, -0.05) is 6.07 Å². The molecule has 1 atom stereocenters. The fourth-order valence-electron chi connectivity index (χ4n) is 4.92. The van der Waals surface area contributed by atoms with E-state index in [0.717, 1.165) is 28.6 Å². The van der Waals surface area contributed by atoms with Crippen molar-refractivity contribution >= 4 is 22.4 Å². The van der Waals surface area contributed by atoms with Crippen LogP contribution in [0.25, 0.3) is 10.9 Å². The SMILES string of the molecule is COc1ccc(N2C(N)=C(C#N)C(c3ccc4[nH]ccc4c3)C3=C2CCCC3=O)c(OC)c1. The van der Waals surface area contributed by atoms with Gasteiger partial charge in [0.1, 0.15) is 17.3 Å². The molecule has 7 nitrogen and oxygen atoms in total. The average molecular weight is 441 g/mol. The van der Waals surface area contributed by atoms with Gasteiger partial charge < -0.3 is 20.2 Å². The minimum atomic E-state index is -0.502. The van der Waals surface area contributed by atoms with Gasteiger partial charge in [0.15, 0.2) is 5.78 Å². The lowest BCUT2D eigenvalue weighted by molar-refractivity contribution is -0.116. The first-order valence-corrected chi connectivity index (χ1v) is 10.8. The number of ketones is 1. The van der Waals surface area contributed by atoms with Crippen molar-refractivity contribution in [2.24, 2.45) is 5.73 Å². The standard InChI is InChI=1S/C26H24N4O3/c1-32-17-7-9-20(23(13-17)33-2)30-21-4-3-5-22(31)25(21)24(18(14-27)26(30)28)16-6-8-19-15(12-16)10-11-29-19/h6-13,24,29H,3-5,28H2,1-2H3. The minimum Gasteiger partial charge on any atom is -0.497 e. The molecule has 166 valence electrons. The topological polar surface area (TPSA) is 104 Å². The van der Waals surface area contributed by atoms with Gasteiger partial charge in [0, 0.05) is 35.5 Å². The molecule has 1 unspecified atom stereocenters. The van der Waals surface area contributed by atoms with E-state index in [4.69, 9.17) is 15.2 Å². The highest BCUT2D eigenvalue weighted by Crippen LogP contribution is 2.48. The monoisotopic (exact) mass is 440 g/mol. The van der Waals surface area contributed by atoms with E-state index in [9.17, 15) is 10.1 Å². The van der Waals surface area contributed by atoms with Crippen LogP contribution in [0, 0.1) is 11.3 Å². The normalized spacial score (nSPS) is 18.4. The number of carbonyl (C=O) groups is 1. The molecule has 5 rings (SSSR count). The summed E-state index contributed by atoms with van der Waals surface area (Å²) in [7, 11) is 3.16. The Bertz CT molecular complexity index is 1380. The lowest BCUT2D eigenvalue weighted by Gasteiger charge is -2.40. The van der Waals surface area contributed by atoms with Crippen LogP contribution in [-0.4, -0.2) is 25.0 Å². The smallest absolute Gasteiger partial charge is 0.161 e. The van der Waals surface area contributed by atoms with E-state index in [1.807, 2.05) is 47.5 Å². The number of nitrogens with two attached hydrogens (primary N) is 1. The molecule has 33 heavy (non-hydrogen) atoms. The largest absolute Gasteiger partial charge is 0.497 e. The van der Waals surface area contributed by atoms with Crippen molar-refractivity contribution in [3.63, 3.8) is 0 Å². The number of nitrogens with one attached hydrogen (secondary N) is 1. The summed E-state index contributed by atoms with van der Waals surface area (Å²) in [6.45, 7) is 0. The van der Waals surface area contributed by atoms with E-state index in [2.05, 4.69) is 11.1 Å². The molecule has 0 fully saturated rings. The number of carbonyl (C=O) groups excluding carboxylic acids is 1. The zero-order valence-electron chi connectivity index (χ0n) is 18.5. The molecule has 1 aliphatic carbocycles. The first-order chi connectivity index (χ1) is 16.1. The molecule has 0 amide bonds. The molecule has 2 aromatic carbocycles. The van der Waals surface area contributed by atoms with Crippen LogP contribution in [0.15, 0.2) is 71.3 Å². The fraction of sp³-hybridized carbons (Fsp3) is 0.231. The molecular formula is C26H24N4O3. The quantitative estimate of drug-likeness (QED) is 0.619. The Morgan fingerprint density at radius 1 is 1.12 bits per heavy atom. The van der Waals surface area contributed by atoms with Crippen LogP contribution >= 0.6 is 0 Å². The van der Waals surface area contributed by atoms with Crippen LogP contribution in [0.2, 0.25) is 0 Å². The molecular weight excluding hydrogens is 416 g/mol. The second-order valence-electron chi connectivity index (χ2n) is 8.18. The Balaban J connectivity index is 1.75. The molecule has 3 aromatic rings. The summed E-state index contributed by atoms with van der Waals surface area (Å²) in [5.41, 5.74) is 11.0. The maximum atomic E-state index is 13.3. The maximum absolute atomic E-state index is 13.3. The first kappa shape index (κ1) is 20.7. The third kappa shape index (κ3) is 3.23. The first-order valence-electron chi connectivity index (χ1n) is 10.8. The van der Waals surface area contributed by atoms with Crippen LogP contribution in [0.1, 0.15) is 30.7 Å². The molecule has 0 saturated carbocycles. The van der Waals surface area contributed by atoms with Gasteiger partial charge in [-0.15, -0.1) is 0 Å². The van der Waals surface area contributed by atoms with Gasteiger partial charge in [-0.05, 0) is 54.1 Å². The number of H-pyrrole nitrogens is 1. The van der Waals surface area contributed by atoms with E-state index in [1.54, 1.807) is 20.3 Å². The number of aromatic nitrogens is 1. The number of hydrogen-bond acceptors (Lipinski definition) is 6. The van der Waals surface area contributed by atoms with E-state index < -0.39 is 5.92 Å². The van der Waals surface area contributed by atoms with Crippen LogP contribution in [0.4, 0.5) is 5.69 Å². The number of ether oxygens (including phenoxy) is 2. The van der Waals surface area contributed by atoms with Crippen LogP contribution in [0.5, 0.6) is 11.5 Å². The summed E-state index contributed by atoms with van der Waals surface area (Å²) >= 11 is 0. The molecule has 3 N–H and O–H groups in total. The average Bonchev–Trinajstić information content (AvgIpc) is 3.31. The third-order valence-electron chi connectivity index (χ3n) is 6.45. The predicted octanol–water partition coefficient (Wildman–Crippen LogP) is 4.49. The summed E-state index contributed by atoms with van der Waals surface area (Å²) in [5.74, 6) is 1.05. The van der Waals surface area contributed by atoms with Crippen LogP contribution in [-0.2, 0) is 4.79 Å². The van der Waals surface area contributed by atoms with Crippen LogP contribution in [0.3, 0.4) is 0 Å². The van der Waals surface area contributed by atoms with Gasteiger partial charge >= 0.3 is 0 Å². The summed E-state index contributed by atoms with van der Waals surface area (Å²) in [4.78, 5) is 18.3. The second kappa shape index (κ2) is 8.06. The highest BCUT2D eigenvalue weighted by molar-refractivity contribution is 6.01. The van der Waals surface area contributed by atoms with Gasteiger partial charge in [-0.3, -0.25) is 9.69 Å². The number of fused-ring (bicyclic) bond motifs is 1. The summed E-state index contributed by atoms with van der Waals surface area (Å²) < 4.78 is 11.0. The Morgan fingerprint density at radius 2 is 1.97 bits per heavy atom. The zero-order chi connectivity index (χ0) is 23.1. The molecule has 7 heteroatoms. The van der Waals surface area contributed by atoms with Crippen molar-refractivity contribution in [3.05, 3.63) is 76.9 Å². The van der Waals surface area contributed by atoms with Crippen molar-refractivity contribution in [1.82, 2.24) is 4.98 Å². The van der Waals surface area contributed by atoms with E-state index in [0.29, 0.717) is 47.0 Å². The number of allylic oxidation sites excluding steroid dienone is 3. The fourth-order valence-corrected chi connectivity index (χ4v) is 4.92. The lowest BCUT2D eigenvalue weighted by Crippen LogP contribution is -2.38. The number of anilines is 1. The maximum Gasteiger partial charge on any atom is 0.161 e. The molecule has 0 radical (unpaired) electrons. The summed E-state index contributed by atoms with van der Waals surface area (Å²) in [6, 6.07) is 15.7. The molecule has 0 saturated heterocycles. The van der Waals surface area contributed by atoms with Crippen molar-refractivity contribution in [1.29, 1.82) is 5.26 Å². The van der Waals surface area contributed by atoms with Gasteiger partial charge in [-0.25, -0.2) is 0 Å². The Hall–Kier alpha value is -4.18. The Kier molecular flexibility index (Phi) is 5.06. The summed E-state index contributed by atoms with van der Waals surface area (Å²) in [5, 5.41) is 11.2. The molecule has 0 spiro atoms. The number of nitriles is 1. The molecule has 0 bridgehead atoms. The van der Waals surface area contributed by atoms with Gasteiger partial charge in [0.2, 0.25) is 0 Å². The van der Waals surface area contributed by atoms with Gasteiger partial charge in [0.25, 0.3) is 0 Å². The number of benzene rings is 2. The Labute approximate surface area is 191 Å². The number of aromatic amines is 1.